The highest BCUT2D eigenvalue weighted by atomic mass is 16.5. The van der Waals surface area contributed by atoms with E-state index >= 15 is 0 Å². The predicted molar refractivity (Wildman–Crippen MR) is 59.2 cm³/mol. The zero-order chi connectivity index (χ0) is 11.8. The topological polar surface area (TPSA) is 64.4 Å². The van der Waals surface area contributed by atoms with Gasteiger partial charge in [0.05, 0.1) is 0 Å². The number of allylic oxidation sites excluding steroid dienone is 1. The Kier molecular flexibility index (Phi) is 5.11. The highest BCUT2D eigenvalue weighted by Crippen LogP contribution is 2.09. The number of hydrogen-bond donors (Lipinski definition) is 1. The molecule has 0 aromatic carbocycles. The third-order valence-corrected chi connectivity index (χ3v) is 1.83. The molecule has 1 aromatic rings. The van der Waals surface area contributed by atoms with Crippen molar-refractivity contribution in [3.8, 4) is 5.88 Å². The van der Waals surface area contributed by atoms with Gasteiger partial charge in [0.25, 0.3) is 11.8 Å². The van der Waals surface area contributed by atoms with Gasteiger partial charge in [-0.3, -0.25) is 4.79 Å². The normalized spacial score (nSPS) is 10.6. The monoisotopic (exact) mass is 224 g/mol. The first-order chi connectivity index (χ1) is 7.72. The van der Waals surface area contributed by atoms with Gasteiger partial charge in [-0.05, 0) is 25.4 Å². The third kappa shape index (κ3) is 4.63. The molecule has 16 heavy (non-hydrogen) atoms. The van der Waals surface area contributed by atoms with E-state index in [0.717, 1.165) is 6.42 Å². The number of ether oxygens (including phenoxy) is 1. The molecular weight excluding hydrogens is 208 g/mol. The highest BCUT2D eigenvalue weighted by Gasteiger charge is 2.04. The lowest BCUT2D eigenvalue weighted by Gasteiger charge is -2.03. The second-order valence-electron chi connectivity index (χ2n) is 3.27. The van der Waals surface area contributed by atoms with E-state index in [1.807, 2.05) is 19.1 Å². The van der Waals surface area contributed by atoms with Gasteiger partial charge in [0, 0.05) is 12.6 Å². The number of carbonyl (C=O) groups is 1. The van der Waals surface area contributed by atoms with Crippen molar-refractivity contribution in [3.63, 3.8) is 0 Å². The second-order valence-corrected chi connectivity index (χ2v) is 3.27. The Balaban J connectivity index is 2.15. The van der Waals surface area contributed by atoms with Crippen LogP contribution in [-0.2, 0) is 4.79 Å². The van der Waals surface area contributed by atoms with Crippen LogP contribution in [0.3, 0.4) is 0 Å². The van der Waals surface area contributed by atoms with Crippen molar-refractivity contribution in [1.29, 1.82) is 0 Å². The number of carbonyl (C=O) groups excluding carboxylic acids is 1. The summed E-state index contributed by atoms with van der Waals surface area (Å²) < 4.78 is 9.90. The van der Waals surface area contributed by atoms with E-state index in [-0.39, 0.29) is 12.5 Å². The standard InChI is InChI=1S/C11H16N2O3/c1-3-4-5-6-12-10(14)8-15-11-7-9(2)16-13-11/h3-4,7H,5-6,8H2,1-2H3,(H,12,14)/b4-3+. The summed E-state index contributed by atoms with van der Waals surface area (Å²) in [5.74, 6) is 0.828. The average molecular weight is 224 g/mol. The largest absolute Gasteiger partial charge is 0.465 e. The summed E-state index contributed by atoms with van der Waals surface area (Å²) in [6, 6.07) is 1.63. The van der Waals surface area contributed by atoms with Crippen LogP contribution < -0.4 is 10.1 Å². The van der Waals surface area contributed by atoms with E-state index in [1.165, 1.54) is 0 Å². The molecule has 0 spiro atoms. The molecule has 0 aliphatic heterocycles. The molecule has 88 valence electrons. The van der Waals surface area contributed by atoms with Crippen molar-refractivity contribution in [2.75, 3.05) is 13.2 Å². The van der Waals surface area contributed by atoms with E-state index in [4.69, 9.17) is 9.26 Å². The Morgan fingerprint density at radius 2 is 2.50 bits per heavy atom. The fraction of sp³-hybridized carbons (Fsp3) is 0.455. The molecule has 1 heterocycles. The zero-order valence-electron chi connectivity index (χ0n) is 9.53. The number of nitrogens with zero attached hydrogens (tertiary/aromatic N) is 1. The van der Waals surface area contributed by atoms with E-state index in [2.05, 4.69) is 10.5 Å². The van der Waals surface area contributed by atoms with Crippen molar-refractivity contribution in [3.05, 3.63) is 24.0 Å². The molecule has 0 unspecified atom stereocenters. The first kappa shape index (κ1) is 12.3. The summed E-state index contributed by atoms with van der Waals surface area (Å²) in [4.78, 5) is 11.3. The minimum absolute atomic E-state index is 0.0399. The van der Waals surface area contributed by atoms with Crippen LogP contribution in [-0.4, -0.2) is 24.2 Å². The maximum Gasteiger partial charge on any atom is 0.258 e. The summed E-state index contributed by atoms with van der Waals surface area (Å²) >= 11 is 0. The summed E-state index contributed by atoms with van der Waals surface area (Å²) in [6.07, 6.45) is 4.76. The smallest absolute Gasteiger partial charge is 0.258 e. The van der Waals surface area contributed by atoms with Crippen LogP contribution in [0.15, 0.2) is 22.7 Å². The van der Waals surface area contributed by atoms with E-state index in [1.54, 1.807) is 13.0 Å². The summed E-state index contributed by atoms with van der Waals surface area (Å²) in [7, 11) is 0. The Morgan fingerprint density at radius 1 is 1.69 bits per heavy atom. The molecule has 1 rings (SSSR count). The van der Waals surface area contributed by atoms with Crippen LogP contribution in [0.2, 0.25) is 0 Å². The van der Waals surface area contributed by atoms with Crippen molar-refractivity contribution < 1.29 is 14.1 Å². The number of hydrogen-bond acceptors (Lipinski definition) is 4. The molecule has 0 fully saturated rings. The van der Waals surface area contributed by atoms with Crippen molar-refractivity contribution >= 4 is 5.91 Å². The Bertz CT molecular complexity index is 358. The van der Waals surface area contributed by atoms with E-state index in [9.17, 15) is 4.79 Å². The lowest BCUT2D eigenvalue weighted by molar-refractivity contribution is -0.123. The van der Waals surface area contributed by atoms with Gasteiger partial charge < -0.3 is 14.6 Å². The molecule has 1 amide bonds. The fourth-order valence-electron chi connectivity index (χ4n) is 1.06. The van der Waals surface area contributed by atoms with Gasteiger partial charge in [-0.15, -0.1) is 0 Å². The molecule has 0 aliphatic carbocycles. The average Bonchev–Trinajstić information content (AvgIpc) is 2.68. The second kappa shape index (κ2) is 6.66. The molecule has 0 radical (unpaired) electrons. The van der Waals surface area contributed by atoms with Crippen molar-refractivity contribution in [2.45, 2.75) is 20.3 Å². The zero-order valence-corrected chi connectivity index (χ0v) is 9.53. The van der Waals surface area contributed by atoms with Crippen LogP contribution in [0.4, 0.5) is 0 Å². The molecule has 0 saturated heterocycles. The lowest BCUT2D eigenvalue weighted by Crippen LogP contribution is -2.29. The van der Waals surface area contributed by atoms with Crippen molar-refractivity contribution in [2.24, 2.45) is 0 Å². The molecule has 5 nitrogen and oxygen atoms in total. The minimum Gasteiger partial charge on any atom is -0.465 e. The molecular formula is C11H16N2O3. The van der Waals surface area contributed by atoms with Gasteiger partial charge in [-0.1, -0.05) is 12.2 Å². The summed E-state index contributed by atoms with van der Waals surface area (Å²) in [5.41, 5.74) is 0. The fourth-order valence-corrected chi connectivity index (χ4v) is 1.06. The number of aryl methyl sites for hydroxylation is 1. The summed E-state index contributed by atoms with van der Waals surface area (Å²) in [6.45, 7) is 4.28. The van der Waals surface area contributed by atoms with Crippen LogP contribution in [0.5, 0.6) is 5.88 Å². The molecule has 0 atom stereocenters. The lowest BCUT2D eigenvalue weighted by atomic mass is 10.4. The van der Waals surface area contributed by atoms with Crippen LogP contribution >= 0.6 is 0 Å². The third-order valence-electron chi connectivity index (χ3n) is 1.83. The van der Waals surface area contributed by atoms with Gasteiger partial charge >= 0.3 is 0 Å². The number of rotatable bonds is 6. The Morgan fingerprint density at radius 3 is 3.12 bits per heavy atom. The van der Waals surface area contributed by atoms with E-state index in [0.29, 0.717) is 18.2 Å². The molecule has 0 saturated carbocycles. The van der Waals surface area contributed by atoms with Gasteiger partial charge in [0.2, 0.25) is 0 Å². The number of amides is 1. The van der Waals surface area contributed by atoms with Crippen LogP contribution in [0.1, 0.15) is 19.1 Å². The quantitative estimate of drug-likeness (QED) is 0.586. The highest BCUT2D eigenvalue weighted by molar-refractivity contribution is 5.77. The van der Waals surface area contributed by atoms with Gasteiger partial charge in [0.1, 0.15) is 5.76 Å². The summed E-state index contributed by atoms with van der Waals surface area (Å²) in [5, 5.41) is 6.33. The van der Waals surface area contributed by atoms with Crippen molar-refractivity contribution in [1.82, 2.24) is 10.5 Å². The molecule has 0 bridgehead atoms. The minimum atomic E-state index is -0.162. The van der Waals surface area contributed by atoms with Gasteiger partial charge in [-0.2, -0.15) is 0 Å². The first-order valence-electron chi connectivity index (χ1n) is 5.16. The Hall–Kier alpha value is -1.78. The Labute approximate surface area is 94.5 Å². The number of aromatic nitrogens is 1. The maximum atomic E-state index is 11.3. The number of nitrogens with one attached hydrogen (secondary N) is 1. The molecule has 0 aliphatic rings. The molecule has 1 N–H and O–H groups in total. The first-order valence-corrected chi connectivity index (χ1v) is 5.16. The molecule has 1 aromatic heterocycles. The van der Waals surface area contributed by atoms with E-state index < -0.39 is 0 Å². The van der Waals surface area contributed by atoms with Gasteiger partial charge in [-0.25, -0.2) is 0 Å². The maximum absolute atomic E-state index is 11.3. The molecule has 5 heteroatoms. The van der Waals surface area contributed by atoms with Crippen LogP contribution in [0.25, 0.3) is 0 Å². The van der Waals surface area contributed by atoms with Gasteiger partial charge in [0.15, 0.2) is 6.61 Å². The SMILES string of the molecule is C/C=C/CCNC(=O)COc1cc(C)on1. The van der Waals surface area contributed by atoms with Crippen LogP contribution in [0, 0.1) is 6.92 Å². The predicted octanol–water partition coefficient (Wildman–Crippen LogP) is 1.44.